The Morgan fingerprint density at radius 2 is 2.17 bits per heavy atom. The molecule has 0 aliphatic heterocycles. The zero-order valence-corrected chi connectivity index (χ0v) is 12.6. The van der Waals surface area contributed by atoms with Crippen LogP contribution in [0.1, 0.15) is 6.92 Å². The summed E-state index contributed by atoms with van der Waals surface area (Å²) in [5, 5.41) is 17.2. The first kappa shape index (κ1) is 13.5. The van der Waals surface area contributed by atoms with Crippen LogP contribution < -0.4 is 0 Å². The van der Waals surface area contributed by atoms with Crippen molar-refractivity contribution in [2.24, 2.45) is 0 Å². The predicted molar refractivity (Wildman–Crippen MR) is 76.0 cm³/mol. The van der Waals surface area contributed by atoms with Gasteiger partial charge in [0.05, 0.1) is 0 Å². The third-order valence-corrected chi connectivity index (χ3v) is 4.96. The lowest BCUT2D eigenvalue weighted by atomic mass is 10.2. The number of hydrogen-bond acceptors (Lipinski definition) is 5. The molecule has 0 fully saturated rings. The molecular formula is C11H9BrN2O2S2. The van der Waals surface area contributed by atoms with E-state index >= 15 is 0 Å². The molecule has 1 atom stereocenters. The molecular weight excluding hydrogens is 336 g/mol. The summed E-state index contributed by atoms with van der Waals surface area (Å²) in [6, 6.07) is 7.73. The van der Waals surface area contributed by atoms with Gasteiger partial charge in [-0.2, -0.15) is 0 Å². The molecule has 94 valence electrons. The monoisotopic (exact) mass is 344 g/mol. The van der Waals surface area contributed by atoms with Gasteiger partial charge in [-0.1, -0.05) is 57.2 Å². The molecule has 1 N–H and O–H groups in total. The lowest BCUT2D eigenvalue weighted by molar-refractivity contribution is -0.136. The van der Waals surface area contributed by atoms with Crippen LogP contribution in [0.3, 0.4) is 0 Å². The summed E-state index contributed by atoms with van der Waals surface area (Å²) in [4.78, 5) is 10.8. The van der Waals surface area contributed by atoms with E-state index in [1.54, 1.807) is 6.92 Å². The SMILES string of the molecule is CC(Sc1nnc(-c2ccccc2Br)s1)C(=O)O. The molecule has 0 bridgehead atoms. The van der Waals surface area contributed by atoms with E-state index in [1.807, 2.05) is 24.3 Å². The maximum Gasteiger partial charge on any atom is 0.316 e. The van der Waals surface area contributed by atoms with Crippen molar-refractivity contribution in [1.29, 1.82) is 0 Å². The van der Waals surface area contributed by atoms with Gasteiger partial charge in [0.1, 0.15) is 10.3 Å². The predicted octanol–water partition coefficient (Wildman–Crippen LogP) is 3.53. The first-order valence-electron chi connectivity index (χ1n) is 5.06. The van der Waals surface area contributed by atoms with Crippen molar-refractivity contribution in [2.75, 3.05) is 0 Å². The number of halogens is 1. The first-order chi connectivity index (χ1) is 8.58. The highest BCUT2D eigenvalue weighted by atomic mass is 79.9. The van der Waals surface area contributed by atoms with Crippen molar-refractivity contribution in [3.05, 3.63) is 28.7 Å². The number of carboxylic acid groups (broad SMARTS) is 1. The van der Waals surface area contributed by atoms with Gasteiger partial charge in [0.2, 0.25) is 0 Å². The third-order valence-electron chi connectivity index (χ3n) is 2.14. The summed E-state index contributed by atoms with van der Waals surface area (Å²) in [6.07, 6.45) is 0. The number of aliphatic carboxylic acids is 1. The quantitative estimate of drug-likeness (QED) is 0.859. The van der Waals surface area contributed by atoms with E-state index in [-0.39, 0.29) is 0 Å². The number of carbonyl (C=O) groups is 1. The average molecular weight is 345 g/mol. The van der Waals surface area contributed by atoms with Gasteiger partial charge in [-0.05, 0) is 13.0 Å². The highest BCUT2D eigenvalue weighted by molar-refractivity contribution is 9.10. The molecule has 0 amide bonds. The van der Waals surface area contributed by atoms with E-state index in [2.05, 4.69) is 26.1 Å². The van der Waals surface area contributed by atoms with E-state index in [0.717, 1.165) is 15.0 Å². The Kier molecular flexibility index (Phi) is 4.36. The molecule has 2 aromatic rings. The highest BCUT2D eigenvalue weighted by Gasteiger charge is 2.16. The van der Waals surface area contributed by atoms with Gasteiger partial charge in [-0.15, -0.1) is 10.2 Å². The first-order valence-corrected chi connectivity index (χ1v) is 7.54. The normalized spacial score (nSPS) is 12.3. The molecule has 1 aromatic heterocycles. The second-order valence-corrected chi connectivity index (χ2v) is 6.87. The molecule has 0 aliphatic rings. The second-order valence-electron chi connectivity index (χ2n) is 3.45. The van der Waals surface area contributed by atoms with Crippen molar-refractivity contribution < 1.29 is 9.90 Å². The molecule has 0 radical (unpaired) electrons. The fourth-order valence-corrected chi connectivity index (χ4v) is 3.78. The number of nitrogens with zero attached hydrogens (tertiary/aromatic N) is 2. The largest absolute Gasteiger partial charge is 0.480 e. The van der Waals surface area contributed by atoms with Crippen LogP contribution in [0.25, 0.3) is 10.6 Å². The maximum absolute atomic E-state index is 10.8. The topological polar surface area (TPSA) is 63.1 Å². The Labute approximate surface area is 121 Å². The number of benzene rings is 1. The van der Waals surface area contributed by atoms with Crippen molar-refractivity contribution in [1.82, 2.24) is 10.2 Å². The standard InChI is InChI=1S/C11H9BrN2O2S2/c1-6(10(15)16)17-11-14-13-9(18-11)7-4-2-3-5-8(7)12/h2-6H,1H3,(H,15,16). The minimum absolute atomic E-state index is 0.523. The van der Waals surface area contributed by atoms with E-state index < -0.39 is 11.2 Å². The second kappa shape index (κ2) is 5.81. The molecule has 4 nitrogen and oxygen atoms in total. The van der Waals surface area contributed by atoms with Crippen LogP contribution in [0.4, 0.5) is 0 Å². The zero-order valence-electron chi connectivity index (χ0n) is 9.33. The molecule has 1 heterocycles. The van der Waals surface area contributed by atoms with Crippen LogP contribution in [0, 0.1) is 0 Å². The number of aromatic nitrogens is 2. The van der Waals surface area contributed by atoms with Crippen LogP contribution >= 0.6 is 39.0 Å². The Morgan fingerprint density at radius 3 is 2.83 bits per heavy atom. The summed E-state index contributed by atoms with van der Waals surface area (Å²) < 4.78 is 1.61. The van der Waals surface area contributed by atoms with E-state index in [0.29, 0.717) is 4.34 Å². The molecule has 0 saturated carbocycles. The Balaban J connectivity index is 2.21. The Bertz CT molecular complexity index is 574. The minimum Gasteiger partial charge on any atom is -0.480 e. The molecule has 0 saturated heterocycles. The smallest absolute Gasteiger partial charge is 0.316 e. The van der Waals surface area contributed by atoms with Gasteiger partial charge in [0.15, 0.2) is 4.34 Å². The van der Waals surface area contributed by atoms with E-state index in [4.69, 9.17) is 5.11 Å². The van der Waals surface area contributed by atoms with Gasteiger partial charge < -0.3 is 5.11 Å². The molecule has 1 unspecified atom stereocenters. The molecule has 0 aliphatic carbocycles. The van der Waals surface area contributed by atoms with Gasteiger partial charge in [0, 0.05) is 10.0 Å². The third kappa shape index (κ3) is 3.09. The zero-order chi connectivity index (χ0) is 13.1. The summed E-state index contributed by atoms with van der Waals surface area (Å²) in [5.74, 6) is -0.849. The van der Waals surface area contributed by atoms with E-state index in [9.17, 15) is 4.79 Å². The highest BCUT2D eigenvalue weighted by Crippen LogP contribution is 2.34. The van der Waals surface area contributed by atoms with Crippen molar-refractivity contribution in [3.8, 4) is 10.6 Å². The summed E-state index contributed by atoms with van der Waals surface area (Å²) in [5.41, 5.74) is 0.963. The Hall–Kier alpha value is -0.920. The van der Waals surface area contributed by atoms with Gasteiger partial charge in [-0.25, -0.2) is 0 Å². The van der Waals surface area contributed by atoms with Crippen molar-refractivity contribution in [3.63, 3.8) is 0 Å². The number of carboxylic acids is 1. The van der Waals surface area contributed by atoms with Gasteiger partial charge in [-0.3, -0.25) is 4.79 Å². The van der Waals surface area contributed by atoms with Crippen LogP contribution in [0.5, 0.6) is 0 Å². The number of thioether (sulfide) groups is 1. The van der Waals surface area contributed by atoms with E-state index in [1.165, 1.54) is 23.1 Å². The summed E-state index contributed by atoms with van der Waals surface area (Å²) >= 11 is 6.05. The summed E-state index contributed by atoms with van der Waals surface area (Å²) in [6.45, 7) is 1.63. The van der Waals surface area contributed by atoms with Crippen molar-refractivity contribution >= 4 is 45.0 Å². The minimum atomic E-state index is -0.849. The summed E-state index contributed by atoms with van der Waals surface area (Å²) in [7, 11) is 0. The fraction of sp³-hybridized carbons (Fsp3) is 0.182. The number of hydrogen-bond donors (Lipinski definition) is 1. The molecule has 18 heavy (non-hydrogen) atoms. The van der Waals surface area contributed by atoms with Crippen LogP contribution in [0.15, 0.2) is 33.1 Å². The Morgan fingerprint density at radius 1 is 1.44 bits per heavy atom. The van der Waals surface area contributed by atoms with Gasteiger partial charge >= 0.3 is 5.97 Å². The molecule has 1 aromatic carbocycles. The molecule has 0 spiro atoms. The number of rotatable bonds is 4. The maximum atomic E-state index is 10.8. The molecule has 7 heteroatoms. The average Bonchev–Trinajstić information content (AvgIpc) is 2.77. The van der Waals surface area contributed by atoms with Gasteiger partial charge in [0.25, 0.3) is 0 Å². The lowest BCUT2D eigenvalue weighted by Gasteiger charge is -2.00. The molecule has 2 rings (SSSR count). The van der Waals surface area contributed by atoms with Crippen LogP contribution in [-0.4, -0.2) is 26.5 Å². The van der Waals surface area contributed by atoms with Crippen LogP contribution in [-0.2, 0) is 4.79 Å². The lowest BCUT2D eigenvalue weighted by Crippen LogP contribution is -2.10. The fourth-order valence-electron chi connectivity index (χ4n) is 1.20. The van der Waals surface area contributed by atoms with Crippen LogP contribution in [0.2, 0.25) is 0 Å². The van der Waals surface area contributed by atoms with Crippen molar-refractivity contribution in [2.45, 2.75) is 16.5 Å².